The van der Waals surface area contributed by atoms with Crippen molar-refractivity contribution in [3.05, 3.63) is 263 Å². The number of allylic oxidation sites excluding steroid dienone is 3. The van der Waals surface area contributed by atoms with Gasteiger partial charge in [0.2, 0.25) is 0 Å². The maximum atomic E-state index is 6.50. The average Bonchev–Trinajstić information content (AvgIpc) is 4.15. The van der Waals surface area contributed by atoms with Crippen LogP contribution in [0.4, 0.5) is 28.4 Å². The SMILES string of the molecule is CC12C=CC(N(c3ccccc3)c3cccc4c3COc3ccccc3-4)=CC1c1ccccc1C21c2cccc(N(c3ccccc3)c3ccc4oc5ccccc5c4c3)c2-c2c1sc1ccccc21. The Bertz CT molecular complexity index is 4010. The molecule has 3 aliphatic carbocycles. The number of hydrogen-bond acceptors (Lipinski definition) is 5. The number of anilines is 5. The van der Waals surface area contributed by atoms with Crippen molar-refractivity contribution in [3.8, 4) is 28.0 Å². The highest BCUT2D eigenvalue weighted by Crippen LogP contribution is 2.74. The Morgan fingerprint density at radius 3 is 2.07 bits per heavy atom. The van der Waals surface area contributed by atoms with Crippen LogP contribution in [0, 0.1) is 5.41 Å². The molecular formula is C65H44N2O2S. The zero-order chi connectivity index (χ0) is 46.1. The number of furan rings is 1. The van der Waals surface area contributed by atoms with Gasteiger partial charge in [0, 0.05) is 82.1 Å². The van der Waals surface area contributed by atoms with Gasteiger partial charge in [-0.15, -0.1) is 11.3 Å². The molecule has 332 valence electrons. The van der Waals surface area contributed by atoms with Gasteiger partial charge in [-0.05, 0) is 101 Å². The number of rotatable bonds is 6. The second-order valence-corrected chi connectivity index (χ2v) is 20.3. The first-order chi connectivity index (χ1) is 34.6. The monoisotopic (exact) mass is 916 g/mol. The van der Waals surface area contributed by atoms with Crippen molar-refractivity contribution in [2.24, 2.45) is 5.41 Å². The molecular weight excluding hydrogens is 873 g/mol. The Balaban J connectivity index is 0.966. The Morgan fingerprint density at radius 2 is 1.20 bits per heavy atom. The number of thiophene rings is 1. The van der Waals surface area contributed by atoms with Gasteiger partial charge in [-0.1, -0.05) is 159 Å². The van der Waals surface area contributed by atoms with E-state index >= 15 is 0 Å². The van der Waals surface area contributed by atoms with Crippen molar-refractivity contribution in [1.82, 2.24) is 0 Å². The lowest BCUT2D eigenvalue weighted by atomic mass is 9.58. The molecule has 11 aromatic rings. The second-order valence-electron chi connectivity index (χ2n) is 19.2. The first kappa shape index (κ1) is 39.6. The number of hydrogen-bond donors (Lipinski definition) is 0. The van der Waals surface area contributed by atoms with Crippen molar-refractivity contribution < 1.29 is 9.15 Å². The second kappa shape index (κ2) is 14.8. The summed E-state index contributed by atoms with van der Waals surface area (Å²) in [5.74, 6) is 0.972. The van der Waals surface area contributed by atoms with E-state index in [9.17, 15) is 0 Å². The summed E-state index contributed by atoms with van der Waals surface area (Å²) < 4.78 is 14.2. The van der Waals surface area contributed by atoms with Crippen molar-refractivity contribution in [3.63, 3.8) is 0 Å². The Kier molecular flexibility index (Phi) is 8.38. The van der Waals surface area contributed by atoms with Crippen LogP contribution in [0.15, 0.2) is 241 Å². The van der Waals surface area contributed by atoms with Crippen molar-refractivity contribution in [1.29, 1.82) is 0 Å². The molecule has 0 amide bonds. The highest BCUT2D eigenvalue weighted by molar-refractivity contribution is 7.20. The fourth-order valence-electron chi connectivity index (χ4n) is 12.9. The van der Waals surface area contributed by atoms with Crippen LogP contribution in [0.3, 0.4) is 0 Å². The molecule has 1 aliphatic heterocycles. The zero-order valence-electron chi connectivity index (χ0n) is 38.3. The third-order valence-corrected chi connectivity index (χ3v) is 17.1. The smallest absolute Gasteiger partial charge is 0.135 e. The van der Waals surface area contributed by atoms with Gasteiger partial charge in [-0.25, -0.2) is 0 Å². The molecule has 3 unspecified atom stereocenters. The molecule has 4 aliphatic rings. The van der Waals surface area contributed by atoms with Crippen LogP contribution in [0.25, 0.3) is 54.3 Å². The topological polar surface area (TPSA) is 28.9 Å². The summed E-state index contributed by atoms with van der Waals surface area (Å²) in [6.45, 7) is 3.03. The van der Waals surface area contributed by atoms with E-state index in [0.717, 1.165) is 67.4 Å². The normalized spacial score (nSPS) is 19.0. The standard InChI is InChI=1S/C65H44N2O2S/c1-64-37-36-44(66(41-18-4-2-5-19-41)55-29-16-26-45-46-22-9-13-31-57(46)68-40-51(45)55)39-54(64)48-24-8-12-27-52(48)65(64)53-28-17-30-56(62(53)61-49-25-11-15-33-60(49)70-63(61)65)67(42-20-6-3-7-21-42)43-34-35-59-50(38-43)47-23-10-14-32-58(47)69-59/h2-39,54H,40H2,1H3. The minimum absolute atomic E-state index is 0.0427. The number of fused-ring (bicyclic) bond motifs is 18. The van der Waals surface area contributed by atoms with E-state index in [-0.39, 0.29) is 5.92 Å². The van der Waals surface area contributed by atoms with Crippen LogP contribution in [0.5, 0.6) is 5.75 Å². The quantitative estimate of drug-likeness (QED) is 0.166. The molecule has 70 heavy (non-hydrogen) atoms. The van der Waals surface area contributed by atoms with E-state index in [1.54, 1.807) is 0 Å². The van der Waals surface area contributed by atoms with E-state index in [0.29, 0.717) is 6.61 Å². The van der Waals surface area contributed by atoms with Gasteiger partial charge in [0.1, 0.15) is 23.5 Å². The van der Waals surface area contributed by atoms with Crippen LogP contribution in [0.1, 0.15) is 40.0 Å². The van der Waals surface area contributed by atoms with Gasteiger partial charge in [-0.3, -0.25) is 0 Å². The van der Waals surface area contributed by atoms with Gasteiger partial charge in [0.15, 0.2) is 0 Å². The molecule has 0 radical (unpaired) electrons. The molecule has 0 N–H and O–H groups in total. The van der Waals surface area contributed by atoms with Gasteiger partial charge < -0.3 is 19.0 Å². The van der Waals surface area contributed by atoms with Gasteiger partial charge in [0.05, 0.1) is 16.8 Å². The summed E-state index contributed by atoms with van der Waals surface area (Å²) >= 11 is 1.97. The predicted octanol–water partition coefficient (Wildman–Crippen LogP) is 17.5. The fourth-order valence-corrected chi connectivity index (χ4v) is 14.4. The summed E-state index contributed by atoms with van der Waals surface area (Å²) in [6.07, 6.45) is 7.57. The van der Waals surface area contributed by atoms with Crippen LogP contribution in [-0.2, 0) is 12.0 Å². The fraction of sp³-hybridized carbons (Fsp3) is 0.0769. The minimum atomic E-state index is -0.509. The third-order valence-electron chi connectivity index (χ3n) is 15.8. The summed E-state index contributed by atoms with van der Waals surface area (Å²) in [5, 5.41) is 3.52. The molecule has 0 bridgehead atoms. The summed E-state index contributed by atoms with van der Waals surface area (Å²) in [7, 11) is 0. The molecule has 5 heteroatoms. The maximum Gasteiger partial charge on any atom is 0.135 e. The van der Waals surface area contributed by atoms with Crippen molar-refractivity contribution in [2.75, 3.05) is 9.80 Å². The largest absolute Gasteiger partial charge is 0.488 e. The molecule has 3 heterocycles. The molecule has 0 saturated heterocycles. The van der Waals surface area contributed by atoms with Gasteiger partial charge in [-0.2, -0.15) is 0 Å². The number of para-hydroxylation sites is 4. The lowest BCUT2D eigenvalue weighted by molar-refractivity contribution is 0.296. The van der Waals surface area contributed by atoms with E-state index in [1.807, 2.05) is 17.4 Å². The van der Waals surface area contributed by atoms with Gasteiger partial charge in [0.25, 0.3) is 0 Å². The Morgan fingerprint density at radius 1 is 0.529 bits per heavy atom. The molecule has 3 atom stereocenters. The molecule has 0 saturated carbocycles. The van der Waals surface area contributed by atoms with Crippen LogP contribution < -0.4 is 14.5 Å². The number of benzene rings is 9. The zero-order valence-corrected chi connectivity index (χ0v) is 39.2. The third kappa shape index (κ3) is 5.30. The lowest BCUT2D eigenvalue weighted by Gasteiger charge is -2.46. The van der Waals surface area contributed by atoms with E-state index in [4.69, 9.17) is 9.15 Å². The Labute approximate surface area is 410 Å². The Hall–Kier alpha value is -8.38. The average molecular weight is 917 g/mol. The minimum Gasteiger partial charge on any atom is -0.488 e. The van der Waals surface area contributed by atoms with Crippen molar-refractivity contribution in [2.45, 2.75) is 24.9 Å². The first-order valence-electron chi connectivity index (χ1n) is 24.2. The molecule has 1 spiro atoms. The molecule has 4 nitrogen and oxygen atoms in total. The highest BCUT2D eigenvalue weighted by Gasteiger charge is 2.65. The van der Waals surface area contributed by atoms with Crippen LogP contribution in [0.2, 0.25) is 0 Å². The summed E-state index contributed by atoms with van der Waals surface area (Å²) in [5.41, 5.74) is 17.9. The van der Waals surface area contributed by atoms with Gasteiger partial charge >= 0.3 is 0 Å². The summed E-state index contributed by atoms with van der Waals surface area (Å²) in [4.78, 5) is 6.35. The molecule has 9 aromatic carbocycles. The van der Waals surface area contributed by atoms with E-state index < -0.39 is 10.8 Å². The van der Waals surface area contributed by atoms with E-state index in [1.165, 1.54) is 53.9 Å². The summed E-state index contributed by atoms with van der Waals surface area (Å²) in [6, 6.07) is 77.4. The lowest BCUT2D eigenvalue weighted by Crippen LogP contribution is -2.42. The molecule has 0 fully saturated rings. The number of ether oxygens (including phenoxy) is 1. The predicted molar refractivity (Wildman–Crippen MR) is 288 cm³/mol. The highest BCUT2D eigenvalue weighted by atomic mass is 32.1. The maximum absolute atomic E-state index is 6.50. The molecule has 2 aromatic heterocycles. The first-order valence-corrected chi connectivity index (χ1v) is 25.0. The van der Waals surface area contributed by atoms with Crippen LogP contribution in [-0.4, -0.2) is 0 Å². The van der Waals surface area contributed by atoms with Crippen LogP contribution >= 0.6 is 11.3 Å². The van der Waals surface area contributed by atoms with E-state index in [2.05, 4.69) is 241 Å². The molecule has 15 rings (SSSR count). The number of nitrogens with zero attached hydrogens (tertiary/aromatic N) is 2. The van der Waals surface area contributed by atoms with Crippen molar-refractivity contribution >= 4 is 71.8 Å².